The second kappa shape index (κ2) is 1.80. The molecule has 0 amide bonds. The molecule has 0 aliphatic carbocycles. The summed E-state index contributed by atoms with van der Waals surface area (Å²) in [6, 6.07) is 0. The van der Waals surface area contributed by atoms with Crippen molar-refractivity contribution < 1.29 is 9.53 Å². The highest BCUT2D eigenvalue weighted by Gasteiger charge is 2.10. The lowest BCUT2D eigenvalue weighted by molar-refractivity contribution is -0.157. The molecular weight excluding hydrogens is 80.0 g/mol. The molecule has 1 saturated heterocycles. The molecule has 6 heavy (non-hydrogen) atoms. The van der Waals surface area contributed by atoms with Gasteiger partial charge in [-0.2, -0.15) is 0 Å². The largest absolute Gasteiger partial charge is 0.465 e. The van der Waals surface area contributed by atoms with Crippen molar-refractivity contribution in [3.8, 4) is 0 Å². The normalized spacial score (nSPS) is 17.0. The van der Waals surface area contributed by atoms with Crippen LogP contribution in [0.15, 0.2) is 0 Å². The van der Waals surface area contributed by atoms with E-state index in [1.165, 1.54) is 0 Å². The maximum Gasteiger partial charge on any atom is 0.309 e. The molecule has 1 heterocycles. The van der Waals surface area contributed by atoms with Crippen LogP contribution >= 0.6 is 0 Å². The molecule has 2 heteroatoms. The Morgan fingerprint density at radius 2 is 2.00 bits per heavy atom. The Bertz CT molecular complexity index is 52.6. The van der Waals surface area contributed by atoms with Crippen LogP contribution in [0.2, 0.25) is 0 Å². The van der Waals surface area contributed by atoms with Crippen LogP contribution in [0.4, 0.5) is 0 Å². The van der Waals surface area contributed by atoms with Crippen LogP contribution in [0.1, 0.15) is 13.8 Å². The second-order valence-corrected chi connectivity index (χ2v) is 0.970. The van der Waals surface area contributed by atoms with Crippen LogP contribution in [0.25, 0.3) is 0 Å². The molecule has 0 spiro atoms. The summed E-state index contributed by atoms with van der Waals surface area (Å²) in [5, 5.41) is 0. The standard InChI is InChI=1S/C3H4O2.CH4/c4-3-1-2-5-3;/h1-2H2;1H4. The van der Waals surface area contributed by atoms with Crippen LogP contribution in [-0.2, 0) is 9.53 Å². The topological polar surface area (TPSA) is 26.3 Å². The minimum Gasteiger partial charge on any atom is -0.465 e. The molecule has 0 unspecified atom stereocenters. The molecule has 1 rings (SSSR count). The highest BCUT2D eigenvalue weighted by molar-refractivity contribution is 5.73. The fourth-order valence-corrected chi connectivity index (χ4v) is 0.185. The average molecular weight is 88.1 g/mol. The maximum atomic E-state index is 9.68. The van der Waals surface area contributed by atoms with Gasteiger partial charge >= 0.3 is 5.97 Å². The molecule has 1 aliphatic rings. The number of carbonyl (C=O) groups is 1. The van der Waals surface area contributed by atoms with Crippen LogP contribution in [-0.4, -0.2) is 12.6 Å². The molecule has 0 aromatic rings. The number of rotatable bonds is 0. The number of ether oxygens (including phenoxy) is 1. The van der Waals surface area contributed by atoms with E-state index in [0.29, 0.717) is 13.0 Å². The molecule has 0 aromatic heterocycles. The zero-order valence-corrected chi connectivity index (χ0v) is 2.73. The van der Waals surface area contributed by atoms with Gasteiger partial charge in [-0.25, -0.2) is 0 Å². The quantitative estimate of drug-likeness (QED) is 0.404. The smallest absolute Gasteiger partial charge is 0.309 e. The first-order chi connectivity index (χ1) is 2.39. The minimum absolute atomic E-state index is 0. The second-order valence-electron chi connectivity index (χ2n) is 0.970. The highest BCUT2D eigenvalue weighted by Crippen LogP contribution is 1.97. The van der Waals surface area contributed by atoms with Gasteiger partial charge in [0.1, 0.15) is 6.61 Å². The molecule has 36 valence electrons. The first-order valence-electron chi connectivity index (χ1n) is 1.55. The van der Waals surface area contributed by atoms with Crippen molar-refractivity contribution in [2.75, 3.05) is 6.61 Å². The Hall–Kier alpha value is -0.530. The summed E-state index contributed by atoms with van der Waals surface area (Å²) < 4.78 is 4.29. The number of esters is 1. The Balaban J connectivity index is 0.000000250. The monoisotopic (exact) mass is 88.1 g/mol. The number of hydrogen-bond acceptors (Lipinski definition) is 2. The zero-order valence-electron chi connectivity index (χ0n) is 2.73. The van der Waals surface area contributed by atoms with E-state index >= 15 is 0 Å². The maximum absolute atomic E-state index is 9.68. The van der Waals surface area contributed by atoms with Crippen molar-refractivity contribution in [3.05, 3.63) is 0 Å². The summed E-state index contributed by atoms with van der Waals surface area (Å²) in [4.78, 5) is 9.68. The van der Waals surface area contributed by atoms with Gasteiger partial charge in [-0.05, 0) is 0 Å². The van der Waals surface area contributed by atoms with E-state index in [2.05, 4.69) is 4.74 Å². The third-order valence-corrected chi connectivity index (χ3v) is 0.569. The Labute approximate surface area is 37.1 Å². The summed E-state index contributed by atoms with van der Waals surface area (Å²) >= 11 is 0. The van der Waals surface area contributed by atoms with Crippen molar-refractivity contribution in [1.82, 2.24) is 0 Å². The molecular formula is C4H8O2. The summed E-state index contributed by atoms with van der Waals surface area (Å²) in [5.41, 5.74) is 0. The molecule has 0 atom stereocenters. The van der Waals surface area contributed by atoms with Gasteiger partial charge in [0, 0.05) is 0 Å². The Morgan fingerprint density at radius 1 is 1.67 bits per heavy atom. The molecule has 2 nitrogen and oxygen atoms in total. The average Bonchev–Trinajstić information content (AvgIpc) is 1.30. The van der Waals surface area contributed by atoms with Crippen molar-refractivity contribution in [1.29, 1.82) is 0 Å². The van der Waals surface area contributed by atoms with E-state index in [0.717, 1.165) is 0 Å². The van der Waals surface area contributed by atoms with Crippen LogP contribution in [0.3, 0.4) is 0 Å². The fourth-order valence-electron chi connectivity index (χ4n) is 0.185. The van der Waals surface area contributed by atoms with Crippen molar-refractivity contribution in [2.45, 2.75) is 13.8 Å². The van der Waals surface area contributed by atoms with E-state index in [1.54, 1.807) is 0 Å². The lowest BCUT2D eigenvalue weighted by Crippen LogP contribution is -2.18. The highest BCUT2D eigenvalue weighted by atomic mass is 16.6. The summed E-state index contributed by atoms with van der Waals surface area (Å²) in [6.07, 6.45) is 0.625. The first kappa shape index (κ1) is 5.47. The lowest BCUT2D eigenvalue weighted by Gasteiger charge is -2.09. The molecule has 0 radical (unpaired) electrons. The Kier molecular flexibility index (Phi) is 1.64. The van der Waals surface area contributed by atoms with Gasteiger partial charge in [0.25, 0.3) is 0 Å². The summed E-state index contributed by atoms with van der Waals surface area (Å²) in [5.74, 6) is -0.0648. The minimum atomic E-state index is -0.0648. The van der Waals surface area contributed by atoms with Gasteiger partial charge in [0.2, 0.25) is 0 Å². The van der Waals surface area contributed by atoms with Crippen LogP contribution in [0.5, 0.6) is 0 Å². The number of cyclic esters (lactones) is 1. The number of hydrogen-bond donors (Lipinski definition) is 0. The zero-order chi connectivity index (χ0) is 3.70. The Morgan fingerprint density at radius 3 is 2.00 bits per heavy atom. The third-order valence-electron chi connectivity index (χ3n) is 0.569. The summed E-state index contributed by atoms with van der Waals surface area (Å²) in [6.45, 7) is 0.638. The first-order valence-corrected chi connectivity index (χ1v) is 1.55. The van der Waals surface area contributed by atoms with Crippen LogP contribution < -0.4 is 0 Å². The SMILES string of the molecule is C.O=C1CCO1. The van der Waals surface area contributed by atoms with Crippen molar-refractivity contribution >= 4 is 5.97 Å². The van der Waals surface area contributed by atoms with E-state index in [4.69, 9.17) is 0 Å². The molecule has 0 bridgehead atoms. The van der Waals surface area contributed by atoms with Crippen LogP contribution in [0, 0.1) is 0 Å². The molecule has 1 fully saturated rings. The van der Waals surface area contributed by atoms with Crippen molar-refractivity contribution in [3.63, 3.8) is 0 Å². The number of carbonyl (C=O) groups excluding carboxylic acids is 1. The molecule has 0 N–H and O–H groups in total. The van der Waals surface area contributed by atoms with E-state index < -0.39 is 0 Å². The third kappa shape index (κ3) is 0.708. The summed E-state index contributed by atoms with van der Waals surface area (Å²) in [7, 11) is 0. The van der Waals surface area contributed by atoms with E-state index in [-0.39, 0.29) is 13.4 Å². The predicted molar refractivity (Wildman–Crippen MR) is 22.3 cm³/mol. The molecule has 0 saturated carbocycles. The van der Waals surface area contributed by atoms with Crippen molar-refractivity contribution in [2.24, 2.45) is 0 Å². The van der Waals surface area contributed by atoms with Gasteiger partial charge in [-0.3, -0.25) is 4.79 Å². The van der Waals surface area contributed by atoms with Gasteiger partial charge in [-0.1, -0.05) is 7.43 Å². The van der Waals surface area contributed by atoms with E-state index in [1.807, 2.05) is 0 Å². The molecule has 0 aromatic carbocycles. The van der Waals surface area contributed by atoms with Gasteiger partial charge in [0.05, 0.1) is 6.42 Å². The lowest BCUT2D eigenvalue weighted by atomic mass is 10.4. The molecule has 1 aliphatic heterocycles. The predicted octanol–water partition coefficient (Wildman–Crippen LogP) is 0.569. The van der Waals surface area contributed by atoms with Gasteiger partial charge in [-0.15, -0.1) is 0 Å². The fraction of sp³-hybridized carbons (Fsp3) is 0.750. The van der Waals surface area contributed by atoms with E-state index in [9.17, 15) is 4.79 Å². The van der Waals surface area contributed by atoms with Gasteiger partial charge < -0.3 is 4.74 Å². The van der Waals surface area contributed by atoms with Gasteiger partial charge in [0.15, 0.2) is 0 Å².